The van der Waals surface area contributed by atoms with Gasteiger partial charge in [-0.1, -0.05) is 12.1 Å². The zero-order valence-corrected chi connectivity index (χ0v) is 9.95. The second-order valence-corrected chi connectivity index (χ2v) is 4.35. The number of rotatable bonds is 0. The Morgan fingerprint density at radius 2 is 2.22 bits per heavy atom. The molecule has 6 nitrogen and oxygen atoms in total. The van der Waals surface area contributed by atoms with E-state index in [1.54, 1.807) is 6.33 Å². The van der Waals surface area contributed by atoms with E-state index in [2.05, 4.69) is 28.2 Å². The highest BCUT2D eigenvalue weighted by atomic mass is 16.4. The zero-order chi connectivity index (χ0) is 12.3. The summed E-state index contributed by atoms with van der Waals surface area (Å²) in [5.74, 6) is 0.547. The van der Waals surface area contributed by atoms with Crippen molar-refractivity contribution in [1.29, 1.82) is 0 Å². The maximum atomic E-state index is 5.63. The first-order valence-electron chi connectivity index (χ1n) is 5.63. The third-order valence-electron chi connectivity index (χ3n) is 3.15. The van der Waals surface area contributed by atoms with Gasteiger partial charge < -0.3 is 4.42 Å². The number of imidazole rings is 1. The number of hydrogen-bond donors (Lipinski definition) is 0. The normalized spacial score (nSPS) is 11.9. The average molecular weight is 240 g/mol. The molecule has 0 spiro atoms. The second-order valence-electron chi connectivity index (χ2n) is 4.35. The lowest BCUT2D eigenvalue weighted by Gasteiger charge is -1.94. The molecule has 0 unspecified atom stereocenters. The molecule has 1 aromatic carbocycles. The molecule has 0 aliphatic carbocycles. The van der Waals surface area contributed by atoms with Gasteiger partial charge in [-0.25, -0.2) is 4.57 Å². The fourth-order valence-corrected chi connectivity index (χ4v) is 2.35. The molecular formula is C12H10N5O+. The van der Waals surface area contributed by atoms with Gasteiger partial charge in [-0.2, -0.15) is 9.38 Å². The maximum absolute atomic E-state index is 5.63. The molecule has 4 aromatic rings. The van der Waals surface area contributed by atoms with E-state index in [9.17, 15) is 0 Å². The monoisotopic (exact) mass is 240 g/mol. The largest absolute Gasteiger partial charge is 0.385 e. The fourth-order valence-electron chi connectivity index (χ4n) is 2.35. The summed E-state index contributed by atoms with van der Waals surface area (Å²) in [5, 5.41) is 7.86. The SMILES string of the molecule is Cc1cccc2nc3oc4nnc[n+](C)c4n3c12. The molecule has 4 rings (SSSR count). The molecule has 0 amide bonds. The maximum Gasteiger partial charge on any atom is 0.372 e. The number of oxazole rings is 1. The van der Waals surface area contributed by atoms with Crippen molar-refractivity contribution in [2.24, 2.45) is 7.05 Å². The minimum Gasteiger partial charge on any atom is -0.385 e. The molecule has 0 radical (unpaired) electrons. The Morgan fingerprint density at radius 3 is 3.11 bits per heavy atom. The lowest BCUT2D eigenvalue weighted by Crippen LogP contribution is -2.30. The zero-order valence-electron chi connectivity index (χ0n) is 9.95. The summed E-state index contributed by atoms with van der Waals surface area (Å²) in [7, 11) is 1.91. The molecule has 0 atom stereocenters. The van der Waals surface area contributed by atoms with Gasteiger partial charge in [-0.3, -0.25) is 0 Å². The van der Waals surface area contributed by atoms with E-state index in [1.165, 1.54) is 0 Å². The van der Waals surface area contributed by atoms with Crippen LogP contribution in [0.1, 0.15) is 5.56 Å². The van der Waals surface area contributed by atoms with Gasteiger partial charge in [0.2, 0.25) is 0 Å². The van der Waals surface area contributed by atoms with Crippen LogP contribution in [0.4, 0.5) is 0 Å². The quantitative estimate of drug-likeness (QED) is 0.433. The summed E-state index contributed by atoms with van der Waals surface area (Å²) in [6, 6.07) is 6.03. The molecule has 0 aliphatic heterocycles. The number of para-hydroxylation sites is 1. The minimum atomic E-state index is 0.493. The van der Waals surface area contributed by atoms with Crippen LogP contribution in [-0.4, -0.2) is 19.6 Å². The summed E-state index contributed by atoms with van der Waals surface area (Å²) in [6.07, 6.45) is 1.65. The van der Waals surface area contributed by atoms with Crippen LogP contribution in [0.15, 0.2) is 28.9 Å². The van der Waals surface area contributed by atoms with Crippen molar-refractivity contribution < 1.29 is 8.98 Å². The Balaban J connectivity index is 2.40. The number of benzene rings is 1. The third kappa shape index (κ3) is 1.02. The van der Waals surface area contributed by atoms with Crippen LogP contribution in [0.5, 0.6) is 0 Å². The molecule has 18 heavy (non-hydrogen) atoms. The van der Waals surface area contributed by atoms with Gasteiger partial charge in [0, 0.05) is 5.10 Å². The van der Waals surface area contributed by atoms with Gasteiger partial charge in [0.1, 0.15) is 11.0 Å². The van der Waals surface area contributed by atoms with Crippen LogP contribution >= 0.6 is 0 Å². The number of aromatic nitrogens is 5. The standard InChI is InChI=1S/C12H10N5O/c1-7-4-3-5-8-9(7)17-11-10(18-12(17)14-8)15-13-6-16(11)2/h3-6H,1-2H3/q+1. The molecule has 0 N–H and O–H groups in total. The summed E-state index contributed by atoms with van der Waals surface area (Å²) in [4.78, 5) is 4.47. The minimum absolute atomic E-state index is 0.493. The van der Waals surface area contributed by atoms with Crippen molar-refractivity contribution in [3.63, 3.8) is 0 Å². The van der Waals surface area contributed by atoms with Crippen molar-refractivity contribution in [3.8, 4) is 0 Å². The van der Waals surface area contributed by atoms with Crippen molar-refractivity contribution >= 4 is 28.2 Å². The van der Waals surface area contributed by atoms with E-state index >= 15 is 0 Å². The molecule has 3 heterocycles. The van der Waals surface area contributed by atoms with Crippen LogP contribution in [0.3, 0.4) is 0 Å². The highest BCUT2D eigenvalue weighted by Gasteiger charge is 2.22. The summed E-state index contributed by atoms with van der Waals surface area (Å²) < 4.78 is 9.49. The van der Waals surface area contributed by atoms with E-state index < -0.39 is 0 Å². The lowest BCUT2D eigenvalue weighted by molar-refractivity contribution is -0.650. The number of nitrogens with zero attached hydrogens (tertiary/aromatic N) is 5. The van der Waals surface area contributed by atoms with Crippen LogP contribution in [-0.2, 0) is 7.05 Å². The van der Waals surface area contributed by atoms with Crippen molar-refractivity contribution in [3.05, 3.63) is 30.1 Å². The van der Waals surface area contributed by atoms with E-state index in [1.807, 2.05) is 28.1 Å². The van der Waals surface area contributed by atoms with Crippen molar-refractivity contribution in [1.82, 2.24) is 19.6 Å². The van der Waals surface area contributed by atoms with Gasteiger partial charge in [-0.15, -0.1) is 0 Å². The molecule has 6 heteroatoms. The number of hydrogen-bond acceptors (Lipinski definition) is 4. The summed E-state index contributed by atoms with van der Waals surface area (Å²) in [5.41, 5.74) is 4.48. The molecule has 88 valence electrons. The predicted molar refractivity (Wildman–Crippen MR) is 64.0 cm³/mol. The molecule has 0 saturated carbocycles. The Hall–Kier alpha value is -2.50. The Kier molecular flexibility index (Phi) is 1.61. The first-order valence-corrected chi connectivity index (χ1v) is 5.63. The van der Waals surface area contributed by atoms with Crippen LogP contribution in [0.2, 0.25) is 0 Å². The molecule has 0 bridgehead atoms. The van der Waals surface area contributed by atoms with E-state index in [-0.39, 0.29) is 0 Å². The van der Waals surface area contributed by atoms with Crippen molar-refractivity contribution in [2.75, 3.05) is 0 Å². The van der Waals surface area contributed by atoms with Crippen molar-refractivity contribution in [2.45, 2.75) is 6.92 Å². The van der Waals surface area contributed by atoms with Gasteiger partial charge in [0.25, 0.3) is 6.33 Å². The van der Waals surface area contributed by atoms with Gasteiger partial charge in [0.05, 0.1) is 7.05 Å². The number of aryl methyl sites for hydroxylation is 2. The average Bonchev–Trinajstić information content (AvgIpc) is 2.84. The van der Waals surface area contributed by atoms with E-state index in [0.29, 0.717) is 11.6 Å². The summed E-state index contributed by atoms with van der Waals surface area (Å²) in [6.45, 7) is 2.06. The summed E-state index contributed by atoms with van der Waals surface area (Å²) >= 11 is 0. The lowest BCUT2D eigenvalue weighted by atomic mass is 10.2. The number of fused-ring (bicyclic) bond motifs is 5. The van der Waals surface area contributed by atoms with Gasteiger partial charge in [0.15, 0.2) is 0 Å². The molecule has 0 fully saturated rings. The second kappa shape index (κ2) is 3.04. The first kappa shape index (κ1) is 9.52. The predicted octanol–water partition coefficient (Wildman–Crippen LogP) is 1.16. The third-order valence-corrected chi connectivity index (χ3v) is 3.15. The Morgan fingerprint density at radius 1 is 1.33 bits per heavy atom. The van der Waals surface area contributed by atoms with Gasteiger partial charge >= 0.3 is 17.2 Å². The Labute approximate surface area is 101 Å². The van der Waals surface area contributed by atoms with Crippen LogP contribution in [0, 0.1) is 6.92 Å². The Bertz CT molecular complexity index is 834. The first-order chi connectivity index (χ1) is 8.75. The van der Waals surface area contributed by atoms with Gasteiger partial charge in [-0.05, 0) is 23.7 Å². The van der Waals surface area contributed by atoms with E-state index in [0.717, 1.165) is 22.2 Å². The topological polar surface area (TPSA) is 60.1 Å². The molecule has 3 aromatic heterocycles. The highest BCUT2D eigenvalue weighted by molar-refractivity contribution is 5.86. The van der Waals surface area contributed by atoms with Crippen LogP contribution < -0.4 is 4.57 Å². The molecule has 0 aliphatic rings. The highest BCUT2D eigenvalue weighted by Crippen LogP contribution is 2.24. The fraction of sp³-hybridized carbons (Fsp3) is 0.167. The van der Waals surface area contributed by atoms with E-state index in [4.69, 9.17) is 4.42 Å². The molecule has 0 saturated heterocycles. The smallest absolute Gasteiger partial charge is 0.372 e. The van der Waals surface area contributed by atoms with Crippen LogP contribution in [0.25, 0.3) is 28.2 Å². The molecular weight excluding hydrogens is 230 g/mol.